The van der Waals surface area contributed by atoms with Gasteiger partial charge < -0.3 is 0 Å². The number of aldehydes is 1. The molecule has 1 aliphatic rings. The van der Waals surface area contributed by atoms with E-state index in [1.54, 1.807) is 30.1 Å². The van der Waals surface area contributed by atoms with Crippen LogP contribution in [0.4, 0.5) is 5.69 Å². The van der Waals surface area contributed by atoms with Gasteiger partial charge in [0.15, 0.2) is 6.29 Å². The molecule has 0 aromatic heterocycles. The number of benzene rings is 2. The van der Waals surface area contributed by atoms with Crippen LogP contribution in [0.15, 0.2) is 47.5 Å². The highest BCUT2D eigenvalue weighted by Crippen LogP contribution is 2.29. The van der Waals surface area contributed by atoms with Crippen LogP contribution in [0.5, 0.6) is 0 Å². The number of aliphatic imine (C=N–C) groups is 1. The molecule has 6 heteroatoms. The van der Waals surface area contributed by atoms with E-state index in [2.05, 4.69) is 9.71 Å². The summed E-state index contributed by atoms with van der Waals surface area (Å²) in [6.45, 7) is 0. The van der Waals surface area contributed by atoms with Crippen LogP contribution in [0.1, 0.15) is 17.2 Å². The highest BCUT2D eigenvalue weighted by atomic mass is 35.5. The van der Waals surface area contributed by atoms with Crippen molar-refractivity contribution in [1.29, 1.82) is 0 Å². The zero-order valence-electron chi connectivity index (χ0n) is 11.4. The zero-order valence-corrected chi connectivity index (χ0v) is 13.8. The minimum Gasteiger partial charge on any atom is -0.296 e. The third-order valence-electron chi connectivity index (χ3n) is 3.27. The monoisotopic (exact) mass is 350 g/mol. The molecule has 3 rings (SSSR count). The van der Waals surface area contributed by atoms with Crippen molar-refractivity contribution in [3.63, 3.8) is 0 Å². The van der Waals surface area contributed by atoms with Crippen LogP contribution in [-0.2, 0) is 4.79 Å². The number of halogens is 2. The van der Waals surface area contributed by atoms with E-state index < -0.39 is 0 Å². The number of nitrogens with zero attached hydrogens (tertiary/aromatic N) is 1. The van der Waals surface area contributed by atoms with Gasteiger partial charge in [0.05, 0.1) is 11.7 Å². The molecule has 1 atom stereocenters. The minimum absolute atomic E-state index is 0.332. The van der Waals surface area contributed by atoms with Crippen LogP contribution in [-0.4, -0.2) is 17.8 Å². The number of carbonyl (C=O) groups is 1. The van der Waals surface area contributed by atoms with Gasteiger partial charge in [-0.3, -0.25) is 9.52 Å². The second kappa shape index (κ2) is 6.84. The fourth-order valence-electron chi connectivity index (χ4n) is 2.15. The van der Waals surface area contributed by atoms with Crippen molar-refractivity contribution in [2.24, 2.45) is 4.99 Å². The Morgan fingerprint density at radius 3 is 2.55 bits per heavy atom. The molecule has 1 heterocycles. The van der Waals surface area contributed by atoms with Gasteiger partial charge >= 0.3 is 0 Å². The molecule has 3 nitrogen and oxygen atoms in total. The van der Waals surface area contributed by atoms with E-state index >= 15 is 0 Å². The van der Waals surface area contributed by atoms with Crippen LogP contribution in [0, 0.1) is 0 Å². The van der Waals surface area contributed by atoms with Gasteiger partial charge in [0.25, 0.3) is 0 Å². The Morgan fingerprint density at radius 2 is 1.95 bits per heavy atom. The van der Waals surface area contributed by atoms with Crippen LogP contribution >= 0.6 is 35.1 Å². The highest BCUT2D eigenvalue weighted by molar-refractivity contribution is 7.98. The van der Waals surface area contributed by atoms with E-state index in [9.17, 15) is 4.79 Å². The van der Waals surface area contributed by atoms with Gasteiger partial charge in [-0.15, -0.1) is 0 Å². The summed E-state index contributed by atoms with van der Waals surface area (Å²) < 4.78 is 3.26. The number of hydrogen-bond acceptors (Lipinski definition) is 4. The Hall–Kier alpha value is -1.33. The molecule has 1 saturated heterocycles. The lowest BCUT2D eigenvalue weighted by molar-refractivity contribution is -0.102. The molecule has 2 aromatic carbocycles. The zero-order chi connectivity index (χ0) is 15.5. The quantitative estimate of drug-likeness (QED) is 0.497. The lowest BCUT2D eigenvalue weighted by atomic mass is 10.0. The molecular weight excluding hydrogens is 339 g/mol. The maximum atomic E-state index is 11.4. The molecule has 1 aliphatic heterocycles. The van der Waals surface area contributed by atoms with Crippen LogP contribution in [0.2, 0.25) is 10.0 Å². The number of rotatable bonds is 4. The summed E-state index contributed by atoms with van der Waals surface area (Å²) >= 11 is 13.6. The van der Waals surface area contributed by atoms with E-state index in [1.807, 2.05) is 24.3 Å². The molecule has 1 fully saturated rings. The highest BCUT2D eigenvalue weighted by Gasteiger charge is 2.20. The summed E-state index contributed by atoms with van der Waals surface area (Å²) in [5.41, 5.74) is 2.84. The molecule has 0 amide bonds. The molecule has 0 spiro atoms. The van der Waals surface area contributed by atoms with Gasteiger partial charge in [-0.1, -0.05) is 53.3 Å². The first-order chi connectivity index (χ1) is 10.7. The van der Waals surface area contributed by atoms with Crippen LogP contribution in [0.25, 0.3) is 0 Å². The van der Waals surface area contributed by atoms with Crippen LogP contribution < -0.4 is 4.72 Å². The average molecular weight is 351 g/mol. The molecule has 1 unspecified atom stereocenters. The van der Waals surface area contributed by atoms with Gasteiger partial charge in [-0.25, -0.2) is 4.99 Å². The van der Waals surface area contributed by atoms with E-state index in [4.69, 9.17) is 23.2 Å². The number of hydrogen-bond donors (Lipinski definition) is 1. The molecule has 0 radical (unpaired) electrons. The smallest absolute Gasteiger partial charge is 0.169 e. The van der Waals surface area contributed by atoms with E-state index in [0.29, 0.717) is 27.5 Å². The Balaban J connectivity index is 1.96. The SMILES string of the molecule is O=C/C(=N\c1cc(Cl)cc(Cl)c1)c1cccc(C2CSN2)c1. The molecule has 112 valence electrons. The lowest BCUT2D eigenvalue weighted by Crippen LogP contribution is -2.28. The lowest BCUT2D eigenvalue weighted by Gasteiger charge is -2.27. The van der Waals surface area contributed by atoms with Crippen molar-refractivity contribution in [2.75, 3.05) is 5.75 Å². The predicted molar refractivity (Wildman–Crippen MR) is 93.5 cm³/mol. The fourth-order valence-corrected chi connectivity index (χ4v) is 3.32. The predicted octanol–water partition coefficient (Wildman–Crippen LogP) is 4.61. The fraction of sp³-hybridized carbons (Fsp3) is 0.125. The first kappa shape index (κ1) is 15.6. The van der Waals surface area contributed by atoms with Crippen molar-refractivity contribution >= 4 is 52.8 Å². The van der Waals surface area contributed by atoms with E-state index in [-0.39, 0.29) is 0 Å². The van der Waals surface area contributed by atoms with Gasteiger partial charge in [0.1, 0.15) is 5.71 Å². The maximum absolute atomic E-state index is 11.4. The van der Waals surface area contributed by atoms with Gasteiger partial charge in [0.2, 0.25) is 0 Å². The van der Waals surface area contributed by atoms with Crippen molar-refractivity contribution < 1.29 is 4.79 Å². The first-order valence-corrected chi connectivity index (χ1v) is 8.37. The molecular formula is C16H12Cl2N2OS. The Labute approximate surface area is 142 Å². The van der Waals surface area contributed by atoms with Crippen molar-refractivity contribution in [1.82, 2.24) is 4.72 Å². The van der Waals surface area contributed by atoms with Gasteiger partial charge in [-0.2, -0.15) is 0 Å². The summed E-state index contributed by atoms with van der Waals surface area (Å²) in [5, 5.41) is 0.974. The standard InChI is InChI=1S/C16H12Cl2N2OS/c17-12-5-13(18)7-14(6-12)19-15(8-21)10-2-1-3-11(4-10)16-9-22-20-16/h1-8,16,20H,9H2/b19-15+. The van der Waals surface area contributed by atoms with Crippen molar-refractivity contribution in [3.05, 3.63) is 63.6 Å². The second-order valence-electron chi connectivity index (χ2n) is 4.85. The molecule has 22 heavy (non-hydrogen) atoms. The summed E-state index contributed by atoms with van der Waals surface area (Å²) in [6.07, 6.45) is 0.747. The minimum atomic E-state index is 0.332. The van der Waals surface area contributed by atoms with Gasteiger partial charge in [-0.05, 0) is 29.8 Å². The normalized spacial score (nSPS) is 17.9. The molecule has 1 N–H and O–H groups in total. The summed E-state index contributed by atoms with van der Waals surface area (Å²) in [6, 6.07) is 13.1. The third kappa shape index (κ3) is 3.52. The second-order valence-corrected chi connectivity index (χ2v) is 6.58. The molecule has 0 saturated carbocycles. The number of carbonyl (C=O) groups excluding carboxylic acids is 1. The largest absolute Gasteiger partial charge is 0.296 e. The molecule has 0 bridgehead atoms. The van der Waals surface area contributed by atoms with Gasteiger partial charge in [0, 0.05) is 21.4 Å². The summed E-state index contributed by atoms with van der Waals surface area (Å²) in [5.74, 6) is 1.03. The number of nitrogens with one attached hydrogen (secondary N) is 1. The topological polar surface area (TPSA) is 41.5 Å². The van der Waals surface area contributed by atoms with E-state index in [0.717, 1.165) is 23.2 Å². The molecule has 0 aliphatic carbocycles. The Bertz CT molecular complexity index is 724. The van der Waals surface area contributed by atoms with Crippen molar-refractivity contribution in [3.8, 4) is 0 Å². The Kier molecular flexibility index (Phi) is 4.84. The maximum Gasteiger partial charge on any atom is 0.169 e. The third-order valence-corrected chi connectivity index (χ3v) is 4.66. The summed E-state index contributed by atoms with van der Waals surface area (Å²) in [7, 11) is 0. The van der Waals surface area contributed by atoms with Crippen LogP contribution in [0.3, 0.4) is 0 Å². The average Bonchev–Trinajstić information content (AvgIpc) is 2.42. The first-order valence-electron chi connectivity index (χ1n) is 6.63. The van der Waals surface area contributed by atoms with E-state index in [1.165, 1.54) is 0 Å². The Morgan fingerprint density at radius 1 is 1.23 bits per heavy atom. The summed E-state index contributed by atoms with van der Waals surface area (Å²) in [4.78, 5) is 15.8. The van der Waals surface area contributed by atoms with Crippen molar-refractivity contribution in [2.45, 2.75) is 6.04 Å². The molecule has 2 aromatic rings.